The van der Waals surface area contributed by atoms with Crippen LogP contribution in [0.5, 0.6) is 5.75 Å². The summed E-state index contributed by atoms with van der Waals surface area (Å²) in [6.45, 7) is 1.43. The number of phenolic OH excluding ortho intramolecular Hbond substituents is 1. The molecule has 0 unspecified atom stereocenters. The first-order valence-corrected chi connectivity index (χ1v) is 7.28. The van der Waals surface area contributed by atoms with Crippen LogP contribution in [0, 0.1) is 5.92 Å². The van der Waals surface area contributed by atoms with Gasteiger partial charge in [-0.05, 0) is 37.0 Å². The van der Waals surface area contributed by atoms with Crippen LogP contribution in [-0.2, 0) is 0 Å². The van der Waals surface area contributed by atoms with Gasteiger partial charge in [-0.25, -0.2) is 0 Å². The summed E-state index contributed by atoms with van der Waals surface area (Å²) in [5, 5.41) is 9.79. The quantitative estimate of drug-likeness (QED) is 0.845. The Morgan fingerprint density at radius 1 is 1.44 bits per heavy atom. The van der Waals surface area contributed by atoms with Crippen molar-refractivity contribution in [2.24, 2.45) is 5.92 Å². The minimum absolute atomic E-state index is 0.0221. The Hall–Kier alpha value is -0.740. The molecule has 1 amide bonds. The van der Waals surface area contributed by atoms with Crippen LogP contribution in [0.3, 0.4) is 0 Å². The second-order valence-corrected chi connectivity index (χ2v) is 5.78. The van der Waals surface area contributed by atoms with E-state index in [2.05, 4.69) is 15.9 Å². The van der Waals surface area contributed by atoms with Crippen molar-refractivity contribution < 1.29 is 9.90 Å². The van der Waals surface area contributed by atoms with Crippen LogP contribution in [-0.4, -0.2) is 34.9 Å². The maximum atomic E-state index is 12.2. The van der Waals surface area contributed by atoms with Gasteiger partial charge in [0.05, 0.1) is 5.56 Å². The van der Waals surface area contributed by atoms with Crippen molar-refractivity contribution in [3.8, 4) is 5.75 Å². The van der Waals surface area contributed by atoms with Gasteiger partial charge in [-0.15, -0.1) is 11.6 Å². The highest BCUT2D eigenvalue weighted by Crippen LogP contribution is 2.26. The monoisotopic (exact) mass is 331 g/mol. The SMILES string of the molecule is O=C(c1ccc(Br)cc1O)N1CCC(CCl)CC1. The minimum Gasteiger partial charge on any atom is -0.507 e. The molecule has 0 aromatic heterocycles. The molecule has 2 rings (SSSR count). The lowest BCUT2D eigenvalue weighted by atomic mass is 9.98. The highest BCUT2D eigenvalue weighted by molar-refractivity contribution is 9.10. The topological polar surface area (TPSA) is 40.5 Å². The summed E-state index contributed by atoms with van der Waals surface area (Å²) in [7, 11) is 0. The molecule has 1 fully saturated rings. The molecule has 5 heteroatoms. The smallest absolute Gasteiger partial charge is 0.257 e. The highest BCUT2D eigenvalue weighted by atomic mass is 79.9. The second kappa shape index (κ2) is 5.93. The Labute approximate surface area is 120 Å². The van der Waals surface area contributed by atoms with E-state index < -0.39 is 0 Å². The van der Waals surface area contributed by atoms with Gasteiger partial charge in [0.2, 0.25) is 0 Å². The van der Waals surface area contributed by atoms with E-state index in [0.29, 0.717) is 30.5 Å². The molecule has 1 aromatic rings. The summed E-state index contributed by atoms with van der Waals surface area (Å²) in [5.74, 6) is 1.09. The first kappa shape index (κ1) is 13.7. The number of rotatable bonds is 2. The maximum absolute atomic E-state index is 12.2. The first-order chi connectivity index (χ1) is 8.61. The van der Waals surface area contributed by atoms with Gasteiger partial charge >= 0.3 is 0 Å². The van der Waals surface area contributed by atoms with Gasteiger partial charge in [0.15, 0.2) is 0 Å². The largest absolute Gasteiger partial charge is 0.507 e. The van der Waals surface area contributed by atoms with Gasteiger partial charge in [-0.1, -0.05) is 15.9 Å². The van der Waals surface area contributed by atoms with Gasteiger partial charge < -0.3 is 10.0 Å². The maximum Gasteiger partial charge on any atom is 0.257 e. The van der Waals surface area contributed by atoms with E-state index in [0.717, 1.165) is 17.3 Å². The number of nitrogens with zero attached hydrogens (tertiary/aromatic N) is 1. The summed E-state index contributed by atoms with van der Waals surface area (Å²) >= 11 is 9.08. The number of halogens is 2. The fourth-order valence-electron chi connectivity index (χ4n) is 2.15. The molecule has 3 nitrogen and oxygen atoms in total. The molecule has 0 bridgehead atoms. The van der Waals surface area contributed by atoms with Gasteiger partial charge in [-0.2, -0.15) is 0 Å². The fourth-order valence-corrected chi connectivity index (χ4v) is 2.80. The number of piperidine rings is 1. The number of hydrogen-bond donors (Lipinski definition) is 1. The fraction of sp³-hybridized carbons (Fsp3) is 0.462. The lowest BCUT2D eigenvalue weighted by Crippen LogP contribution is -2.38. The van der Waals surface area contributed by atoms with Crippen LogP contribution in [0.15, 0.2) is 22.7 Å². The summed E-state index contributed by atoms with van der Waals surface area (Å²) in [6.07, 6.45) is 1.87. The van der Waals surface area contributed by atoms with Crippen molar-refractivity contribution in [1.29, 1.82) is 0 Å². The van der Waals surface area contributed by atoms with Crippen LogP contribution in [0.25, 0.3) is 0 Å². The van der Waals surface area contributed by atoms with E-state index in [9.17, 15) is 9.90 Å². The number of benzene rings is 1. The van der Waals surface area contributed by atoms with Crippen molar-refractivity contribution in [2.75, 3.05) is 19.0 Å². The van der Waals surface area contributed by atoms with Crippen molar-refractivity contribution >= 4 is 33.4 Å². The molecule has 0 aliphatic carbocycles. The number of carbonyl (C=O) groups is 1. The molecule has 0 atom stereocenters. The Bertz CT molecular complexity index is 445. The number of likely N-dealkylation sites (tertiary alicyclic amines) is 1. The van der Waals surface area contributed by atoms with Gasteiger partial charge in [0.25, 0.3) is 5.91 Å². The zero-order valence-electron chi connectivity index (χ0n) is 9.90. The number of hydrogen-bond acceptors (Lipinski definition) is 2. The molecule has 1 heterocycles. The summed E-state index contributed by atoms with van der Waals surface area (Å²) < 4.78 is 0.761. The molecule has 1 saturated heterocycles. The summed E-state index contributed by atoms with van der Waals surface area (Å²) in [5.41, 5.74) is 0.363. The number of alkyl halides is 1. The summed E-state index contributed by atoms with van der Waals surface area (Å²) in [6, 6.07) is 4.95. The molecule has 0 spiro atoms. The Morgan fingerprint density at radius 3 is 2.67 bits per heavy atom. The number of carbonyl (C=O) groups excluding carboxylic acids is 1. The lowest BCUT2D eigenvalue weighted by molar-refractivity contribution is 0.0695. The van der Waals surface area contributed by atoms with Crippen molar-refractivity contribution in [3.05, 3.63) is 28.2 Å². The third kappa shape index (κ3) is 2.98. The second-order valence-electron chi connectivity index (χ2n) is 4.55. The van der Waals surface area contributed by atoms with E-state index in [1.807, 2.05) is 0 Å². The zero-order valence-corrected chi connectivity index (χ0v) is 12.2. The standard InChI is InChI=1S/C13H15BrClNO2/c14-10-1-2-11(12(17)7-10)13(18)16-5-3-9(8-15)4-6-16/h1-2,7,9,17H,3-6,8H2. The Morgan fingerprint density at radius 2 is 2.11 bits per heavy atom. The summed E-state index contributed by atoms with van der Waals surface area (Å²) in [4.78, 5) is 14.0. The van der Waals surface area contributed by atoms with Crippen molar-refractivity contribution in [1.82, 2.24) is 4.90 Å². The molecular formula is C13H15BrClNO2. The molecule has 0 radical (unpaired) electrons. The molecule has 1 aromatic carbocycles. The molecule has 1 aliphatic heterocycles. The molecule has 1 N–H and O–H groups in total. The van der Waals surface area contributed by atoms with Crippen LogP contribution in [0.2, 0.25) is 0 Å². The Kier molecular flexibility index (Phi) is 4.51. The van der Waals surface area contributed by atoms with Crippen molar-refractivity contribution in [2.45, 2.75) is 12.8 Å². The minimum atomic E-state index is -0.104. The molecule has 18 heavy (non-hydrogen) atoms. The Balaban J connectivity index is 2.08. The third-order valence-corrected chi connectivity index (χ3v) is 4.24. The third-order valence-electron chi connectivity index (χ3n) is 3.31. The van der Waals surface area contributed by atoms with Gasteiger partial charge in [-0.3, -0.25) is 4.79 Å². The van der Waals surface area contributed by atoms with E-state index in [1.54, 1.807) is 23.1 Å². The average Bonchev–Trinajstić information content (AvgIpc) is 2.38. The van der Waals surface area contributed by atoms with Crippen LogP contribution >= 0.6 is 27.5 Å². The molecule has 98 valence electrons. The number of phenols is 1. The highest BCUT2D eigenvalue weighted by Gasteiger charge is 2.24. The van der Waals surface area contributed by atoms with Crippen molar-refractivity contribution in [3.63, 3.8) is 0 Å². The van der Waals surface area contributed by atoms with E-state index in [4.69, 9.17) is 11.6 Å². The molecule has 0 saturated carbocycles. The van der Waals surface area contributed by atoms with E-state index in [-0.39, 0.29) is 11.7 Å². The lowest BCUT2D eigenvalue weighted by Gasteiger charge is -2.31. The predicted molar refractivity (Wildman–Crippen MR) is 75.2 cm³/mol. The van der Waals surface area contributed by atoms with E-state index in [1.165, 1.54) is 0 Å². The first-order valence-electron chi connectivity index (χ1n) is 5.95. The van der Waals surface area contributed by atoms with E-state index >= 15 is 0 Å². The van der Waals surface area contributed by atoms with Crippen LogP contribution in [0.1, 0.15) is 23.2 Å². The predicted octanol–water partition coefficient (Wildman–Crippen LogP) is 3.25. The number of aromatic hydroxyl groups is 1. The van der Waals surface area contributed by atoms with Gasteiger partial charge in [0, 0.05) is 23.4 Å². The zero-order chi connectivity index (χ0) is 13.1. The van der Waals surface area contributed by atoms with Crippen LogP contribution < -0.4 is 0 Å². The molecular weight excluding hydrogens is 318 g/mol. The molecule has 1 aliphatic rings. The number of amides is 1. The normalized spacial score (nSPS) is 16.9. The average molecular weight is 333 g/mol. The van der Waals surface area contributed by atoms with Crippen LogP contribution in [0.4, 0.5) is 0 Å². The van der Waals surface area contributed by atoms with Gasteiger partial charge in [0.1, 0.15) is 5.75 Å².